The quantitative estimate of drug-likeness (QED) is 0.668. The third-order valence-electron chi connectivity index (χ3n) is 1.93. The fraction of sp³-hybridized carbons (Fsp3) is 0.727. The summed E-state index contributed by atoms with van der Waals surface area (Å²) in [6.07, 6.45) is 3.03. The van der Waals surface area contributed by atoms with Crippen molar-refractivity contribution >= 4 is 5.91 Å². The van der Waals surface area contributed by atoms with E-state index < -0.39 is 0 Å². The van der Waals surface area contributed by atoms with Crippen molar-refractivity contribution in [3.05, 3.63) is 11.6 Å². The number of rotatable bonds is 4. The summed E-state index contributed by atoms with van der Waals surface area (Å²) in [5.41, 5.74) is 5.89. The van der Waals surface area contributed by atoms with Crippen LogP contribution in [0.25, 0.3) is 0 Å². The van der Waals surface area contributed by atoms with Gasteiger partial charge >= 0.3 is 0 Å². The number of amides is 1. The molecule has 0 spiro atoms. The minimum atomic E-state index is -0.322. The van der Waals surface area contributed by atoms with Gasteiger partial charge in [-0.2, -0.15) is 0 Å². The fourth-order valence-corrected chi connectivity index (χ4v) is 1.77. The van der Waals surface area contributed by atoms with Crippen LogP contribution in [0.15, 0.2) is 11.6 Å². The first-order valence-corrected chi connectivity index (χ1v) is 4.74. The normalized spacial score (nSPS) is 13.5. The lowest BCUT2D eigenvalue weighted by Crippen LogP contribution is -2.17. The standard InChI is InChI=1S/C11H21NO/c1-8(2)6-11(4,5)7-9(3)10(12)13/h7-8H,6H2,1-5H3,(H2,12,13). The highest BCUT2D eigenvalue weighted by molar-refractivity contribution is 5.91. The molecule has 0 aromatic rings. The number of nitrogens with two attached hydrogens (primary N) is 1. The minimum absolute atomic E-state index is 0.0628. The molecule has 2 heteroatoms. The van der Waals surface area contributed by atoms with Crippen molar-refractivity contribution in [1.82, 2.24) is 0 Å². The summed E-state index contributed by atoms with van der Waals surface area (Å²) in [4.78, 5) is 10.8. The third-order valence-corrected chi connectivity index (χ3v) is 1.93. The number of primary amides is 1. The summed E-state index contributed by atoms with van der Waals surface area (Å²) in [5, 5.41) is 0. The maximum atomic E-state index is 10.8. The second kappa shape index (κ2) is 4.45. The summed E-state index contributed by atoms with van der Waals surface area (Å²) in [7, 11) is 0. The van der Waals surface area contributed by atoms with Crippen LogP contribution in [0, 0.1) is 11.3 Å². The van der Waals surface area contributed by atoms with Crippen LogP contribution in [0.2, 0.25) is 0 Å². The summed E-state index contributed by atoms with van der Waals surface area (Å²) in [6, 6.07) is 0. The van der Waals surface area contributed by atoms with Crippen molar-refractivity contribution in [3.63, 3.8) is 0 Å². The first kappa shape index (κ1) is 12.2. The van der Waals surface area contributed by atoms with Gasteiger partial charge in [-0.05, 0) is 24.7 Å². The molecule has 1 amide bonds. The van der Waals surface area contributed by atoms with Crippen LogP contribution in [-0.2, 0) is 4.79 Å². The van der Waals surface area contributed by atoms with E-state index in [9.17, 15) is 4.79 Å². The summed E-state index contributed by atoms with van der Waals surface area (Å²) in [5.74, 6) is 0.309. The summed E-state index contributed by atoms with van der Waals surface area (Å²) < 4.78 is 0. The largest absolute Gasteiger partial charge is 0.366 e. The molecule has 2 nitrogen and oxygen atoms in total. The van der Waals surface area contributed by atoms with Crippen molar-refractivity contribution in [3.8, 4) is 0 Å². The highest BCUT2D eigenvalue weighted by Gasteiger charge is 2.17. The zero-order valence-electron chi connectivity index (χ0n) is 9.35. The molecular formula is C11H21NO. The van der Waals surface area contributed by atoms with Gasteiger partial charge in [0.25, 0.3) is 0 Å². The second-order valence-electron chi connectivity index (χ2n) is 4.78. The molecule has 0 unspecified atom stereocenters. The van der Waals surface area contributed by atoms with Crippen molar-refractivity contribution in [1.29, 1.82) is 0 Å². The van der Waals surface area contributed by atoms with Gasteiger partial charge in [0.1, 0.15) is 0 Å². The molecule has 0 saturated heterocycles. The van der Waals surface area contributed by atoms with Crippen LogP contribution >= 0.6 is 0 Å². The molecule has 0 aromatic carbocycles. The van der Waals surface area contributed by atoms with E-state index >= 15 is 0 Å². The molecule has 13 heavy (non-hydrogen) atoms. The van der Waals surface area contributed by atoms with E-state index in [1.807, 2.05) is 6.08 Å². The van der Waals surface area contributed by atoms with E-state index in [-0.39, 0.29) is 11.3 Å². The molecule has 0 fully saturated rings. The smallest absolute Gasteiger partial charge is 0.244 e. The maximum Gasteiger partial charge on any atom is 0.244 e. The van der Waals surface area contributed by atoms with Crippen LogP contribution in [0.4, 0.5) is 0 Å². The molecule has 0 heterocycles. The monoisotopic (exact) mass is 183 g/mol. The lowest BCUT2D eigenvalue weighted by atomic mass is 9.82. The highest BCUT2D eigenvalue weighted by atomic mass is 16.1. The summed E-state index contributed by atoms with van der Waals surface area (Å²) in [6.45, 7) is 10.4. The van der Waals surface area contributed by atoms with Crippen molar-refractivity contribution in [2.24, 2.45) is 17.1 Å². The zero-order chi connectivity index (χ0) is 10.6. The zero-order valence-corrected chi connectivity index (χ0v) is 9.35. The highest BCUT2D eigenvalue weighted by Crippen LogP contribution is 2.27. The van der Waals surface area contributed by atoms with Crippen molar-refractivity contribution in [2.45, 2.75) is 41.0 Å². The number of hydrogen-bond acceptors (Lipinski definition) is 1. The Morgan fingerprint density at radius 1 is 1.46 bits per heavy atom. The van der Waals surface area contributed by atoms with E-state index in [1.165, 1.54) is 0 Å². The lowest BCUT2D eigenvalue weighted by Gasteiger charge is -2.23. The molecule has 0 aromatic heterocycles. The van der Waals surface area contributed by atoms with E-state index in [1.54, 1.807) is 6.92 Å². The van der Waals surface area contributed by atoms with Gasteiger partial charge in [0.05, 0.1) is 0 Å². The Bertz CT molecular complexity index is 214. The molecule has 0 radical (unpaired) electrons. The van der Waals surface area contributed by atoms with E-state index in [0.717, 1.165) is 6.42 Å². The molecule has 76 valence electrons. The average Bonchev–Trinajstić information content (AvgIpc) is 1.81. The van der Waals surface area contributed by atoms with E-state index in [2.05, 4.69) is 27.7 Å². The van der Waals surface area contributed by atoms with Gasteiger partial charge in [0.2, 0.25) is 5.91 Å². The number of carbonyl (C=O) groups excluding carboxylic acids is 1. The Kier molecular flexibility index (Phi) is 4.18. The van der Waals surface area contributed by atoms with Gasteiger partial charge < -0.3 is 5.73 Å². The molecule has 2 N–H and O–H groups in total. The SMILES string of the molecule is CC(=CC(C)(C)CC(C)C)C(N)=O. The van der Waals surface area contributed by atoms with Gasteiger partial charge in [-0.1, -0.05) is 33.8 Å². The Morgan fingerprint density at radius 2 is 1.92 bits per heavy atom. The van der Waals surface area contributed by atoms with Gasteiger partial charge in [0.15, 0.2) is 0 Å². The molecule has 0 aliphatic rings. The van der Waals surface area contributed by atoms with Crippen LogP contribution in [0.5, 0.6) is 0 Å². The number of carbonyl (C=O) groups is 1. The number of hydrogen-bond donors (Lipinski definition) is 1. The van der Waals surface area contributed by atoms with Gasteiger partial charge in [-0.15, -0.1) is 0 Å². The van der Waals surface area contributed by atoms with Crippen molar-refractivity contribution in [2.75, 3.05) is 0 Å². The Hall–Kier alpha value is -0.790. The molecule has 0 bridgehead atoms. The van der Waals surface area contributed by atoms with E-state index in [0.29, 0.717) is 11.5 Å². The van der Waals surface area contributed by atoms with Gasteiger partial charge in [0, 0.05) is 5.57 Å². The van der Waals surface area contributed by atoms with Crippen LogP contribution in [0.3, 0.4) is 0 Å². The second-order valence-corrected chi connectivity index (χ2v) is 4.78. The van der Waals surface area contributed by atoms with Gasteiger partial charge in [-0.3, -0.25) is 4.79 Å². The Labute approximate surface area is 81.2 Å². The maximum absolute atomic E-state index is 10.8. The molecular weight excluding hydrogens is 162 g/mol. The first-order valence-electron chi connectivity index (χ1n) is 4.74. The van der Waals surface area contributed by atoms with Crippen LogP contribution in [-0.4, -0.2) is 5.91 Å². The predicted molar refractivity (Wildman–Crippen MR) is 56.2 cm³/mol. The Balaban J connectivity index is 4.47. The summed E-state index contributed by atoms with van der Waals surface area (Å²) >= 11 is 0. The lowest BCUT2D eigenvalue weighted by molar-refractivity contribution is -0.114. The minimum Gasteiger partial charge on any atom is -0.366 e. The molecule has 0 atom stereocenters. The average molecular weight is 183 g/mol. The van der Waals surface area contributed by atoms with Gasteiger partial charge in [-0.25, -0.2) is 0 Å². The van der Waals surface area contributed by atoms with Crippen LogP contribution in [0.1, 0.15) is 41.0 Å². The van der Waals surface area contributed by atoms with Crippen LogP contribution < -0.4 is 5.73 Å². The molecule has 0 aliphatic carbocycles. The molecule has 0 aliphatic heterocycles. The Morgan fingerprint density at radius 3 is 2.23 bits per heavy atom. The first-order chi connectivity index (χ1) is 5.74. The molecule has 0 rings (SSSR count). The van der Waals surface area contributed by atoms with E-state index in [4.69, 9.17) is 5.73 Å². The number of allylic oxidation sites excluding steroid dienone is 1. The third kappa shape index (κ3) is 5.45. The topological polar surface area (TPSA) is 43.1 Å². The fourth-order valence-electron chi connectivity index (χ4n) is 1.77. The van der Waals surface area contributed by atoms with Crippen molar-refractivity contribution < 1.29 is 4.79 Å². The predicted octanol–water partition coefficient (Wildman–Crippen LogP) is 2.49. The molecule has 0 saturated carbocycles.